The molecule has 2 aliphatic carbocycles. The van der Waals surface area contributed by atoms with E-state index in [9.17, 15) is 4.79 Å². The first-order valence-corrected chi connectivity index (χ1v) is 6.14. The molecular formula is C12H21NO2. The molecule has 2 fully saturated rings. The van der Waals surface area contributed by atoms with Crippen LogP contribution in [0.4, 0.5) is 0 Å². The summed E-state index contributed by atoms with van der Waals surface area (Å²) in [5.74, 6) is 1.07. The maximum atomic E-state index is 11.4. The Morgan fingerprint density at radius 3 is 2.60 bits per heavy atom. The lowest BCUT2D eigenvalue weighted by Gasteiger charge is -2.14. The molecule has 0 aromatic carbocycles. The molecule has 2 rings (SSSR count). The van der Waals surface area contributed by atoms with E-state index in [0.29, 0.717) is 11.8 Å². The molecular weight excluding hydrogens is 190 g/mol. The van der Waals surface area contributed by atoms with Crippen molar-refractivity contribution >= 4 is 5.91 Å². The van der Waals surface area contributed by atoms with Crippen molar-refractivity contribution in [3.8, 4) is 0 Å². The van der Waals surface area contributed by atoms with Crippen LogP contribution >= 0.6 is 0 Å². The number of carbonyl (C=O) groups excluding carboxylic acids is 1. The van der Waals surface area contributed by atoms with Crippen LogP contribution in [0.5, 0.6) is 0 Å². The molecule has 0 bridgehead atoms. The van der Waals surface area contributed by atoms with E-state index in [1.165, 1.54) is 25.7 Å². The Balaban J connectivity index is 1.58. The summed E-state index contributed by atoms with van der Waals surface area (Å²) in [4.78, 5) is 11.4. The van der Waals surface area contributed by atoms with Crippen LogP contribution in [0.1, 0.15) is 44.9 Å². The molecule has 0 spiro atoms. The standard InChI is InChI=1S/C12H21NO2/c14-8-2-1-3-11(15)13-9-12(6-7-12)10-4-5-10/h10,14H,1-9H2,(H,13,15). The van der Waals surface area contributed by atoms with Gasteiger partial charge in [-0.25, -0.2) is 0 Å². The van der Waals surface area contributed by atoms with E-state index < -0.39 is 0 Å². The maximum Gasteiger partial charge on any atom is 0.220 e. The van der Waals surface area contributed by atoms with Crippen LogP contribution in [0.15, 0.2) is 0 Å². The summed E-state index contributed by atoms with van der Waals surface area (Å²) in [5, 5.41) is 11.6. The van der Waals surface area contributed by atoms with Crippen molar-refractivity contribution in [2.75, 3.05) is 13.2 Å². The van der Waals surface area contributed by atoms with Crippen molar-refractivity contribution in [1.82, 2.24) is 5.32 Å². The van der Waals surface area contributed by atoms with E-state index in [1.54, 1.807) is 0 Å². The minimum atomic E-state index is 0.162. The molecule has 0 aliphatic heterocycles. The van der Waals surface area contributed by atoms with Gasteiger partial charge in [-0.05, 0) is 49.9 Å². The molecule has 2 saturated carbocycles. The van der Waals surface area contributed by atoms with Gasteiger partial charge in [0.25, 0.3) is 0 Å². The van der Waals surface area contributed by atoms with E-state index in [2.05, 4.69) is 5.32 Å². The van der Waals surface area contributed by atoms with Crippen LogP contribution in [0.3, 0.4) is 0 Å². The third-order valence-corrected chi connectivity index (χ3v) is 3.79. The molecule has 15 heavy (non-hydrogen) atoms. The predicted octanol–water partition coefficient (Wildman–Crippen LogP) is 1.46. The second-order valence-corrected chi connectivity index (χ2v) is 5.09. The van der Waals surface area contributed by atoms with Gasteiger partial charge in [0.2, 0.25) is 5.91 Å². The maximum absolute atomic E-state index is 11.4. The summed E-state index contributed by atoms with van der Waals surface area (Å²) in [6.45, 7) is 1.09. The smallest absolute Gasteiger partial charge is 0.220 e. The summed E-state index contributed by atoms with van der Waals surface area (Å²) in [7, 11) is 0. The molecule has 3 heteroatoms. The average molecular weight is 211 g/mol. The fourth-order valence-electron chi connectivity index (χ4n) is 2.35. The lowest BCUT2D eigenvalue weighted by atomic mass is 10.0. The fourth-order valence-corrected chi connectivity index (χ4v) is 2.35. The molecule has 0 aromatic heterocycles. The molecule has 2 N–H and O–H groups in total. The lowest BCUT2D eigenvalue weighted by Crippen LogP contribution is -2.30. The molecule has 0 aromatic rings. The highest BCUT2D eigenvalue weighted by Gasteiger charge is 2.53. The van der Waals surface area contributed by atoms with Crippen molar-refractivity contribution in [1.29, 1.82) is 0 Å². The second kappa shape index (κ2) is 4.52. The number of nitrogens with one attached hydrogen (secondary N) is 1. The number of unbranched alkanes of at least 4 members (excludes halogenated alkanes) is 1. The zero-order valence-corrected chi connectivity index (χ0v) is 9.30. The SMILES string of the molecule is O=C(CCCCO)NCC1(C2CC2)CC1. The van der Waals surface area contributed by atoms with Crippen LogP contribution in [0.25, 0.3) is 0 Å². The molecule has 86 valence electrons. The Labute approximate surface area is 91.2 Å². The van der Waals surface area contributed by atoms with E-state index in [0.717, 1.165) is 25.3 Å². The predicted molar refractivity (Wildman–Crippen MR) is 58.3 cm³/mol. The fraction of sp³-hybridized carbons (Fsp3) is 0.917. The Kier molecular flexibility index (Phi) is 3.29. The first kappa shape index (κ1) is 10.9. The van der Waals surface area contributed by atoms with E-state index in [4.69, 9.17) is 5.11 Å². The lowest BCUT2D eigenvalue weighted by molar-refractivity contribution is -0.121. The van der Waals surface area contributed by atoms with Gasteiger partial charge < -0.3 is 10.4 Å². The van der Waals surface area contributed by atoms with Crippen LogP contribution in [0, 0.1) is 11.3 Å². The van der Waals surface area contributed by atoms with Gasteiger partial charge in [-0.2, -0.15) is 0 Å². The van der Waals surface area contributed by atoms with Crippen molar-refractivity contribution in [3.05, 3.63) is 0 Å². The Morgan fingerprint density at radius 2 is 2.07 bits per heavy atom. The van der Waals surface area contributed by atoms with Crippen molar-refractivity contribution < 1.29 is 9.90 Å². The number of carbonyl (C=O) groups is 1. The zero-order valence-electron chi connectivity index (χ0n) is 9.30. The van der Waals surface area contributed by atoms with E-state index in [-0.39, 0.29) is 12.5 Å². The minimum absolute atomic E-state index is 0.162. The molecule has 0 unspecified atom stereocenters. The summed E-state index contributed by atoms with van der Waals surface area (Å²) in [6.07, 6.45) is 7.49. The third-order valence-electron chi connectivity index (χ3n) is 3.79. The molecule has 1 amide bonds. The second-order valence-electron chi connectivity index (χ2n) is 5.09. The minimum Gasteiger partial charge on any atom is -0.396 e. The van der Waals surface area contributed by atoms with Gasteiger partial charge >= 0.3 is 0 Å². The third kappa shape index (κ3) is 2.94. The summed E-state index contributed by atoms with van der Waals surface area (Å²) >= 11 is 0. The van der Waals surface area contributed by atoms with Gasteiger partial charge in [-0.3, -0.25) is 4.79 Å². The van der Waals surface area contributed by atoms with Gasteiger partial charge in [0.05, 0.1) is 0 Å². The number of hydrogen-bond acceptors (Lipinski definition) is 2. The van der Waals surface area contributed by atoms with E-state index in [1.807, 2.05) is 0 Å². The summed E-state index contributed by atoms with van der Waals surface area (Å²) in [6, 6.07) is 0. The highest BCUT2D eigenvalue weighted by molar-refractivity contribution is 5.75. The van der Waals surface area contributed by atoms with Gasteiger partial charge in [0, 0.05) is 19.6 Å². The monoisotopic (exact) mass is 211 g/mol. The number of aliphatic hydroxyl groups is 1. The van der Waals surface area contributed by atoms with E-state index >= 15 is 0 Å². The Hall–Kier alpha value is -0.570. The van der Waals surface area contributed by atoms with Crippen LogP contribution < -0.4 is 5.32 Å². The number of rotatable bonds is 7. The molecule has 2 aliphatic rings. The van der Waals surface area contributed by atoms with Crippen LogP contribution in [-0.4, -0.2) is 24.2 Å². The molecule has 3 nitrogen and oxygen atoms in total. The average Bonchev–Trinajstić information content (AvgIpc) is 3.06. The molecule has 0 heterocycles. The molecule has 0 saturated heterocycles. The van der Waals surface area contributed by atoms with Gasteiger partial charge in [0.1, 0.15) is 0 Å². The van der Waals surface area contributed by atoms with Gasteiger partial charge in [-0.15, -0.1) is 0 Å². The summed E-state index contributed by atoms with van der Waals surface area (Å²) in [5.41, 5.74) is 0.507. The number of amides is 1. The molecule has 0 radical (unpaired) electrons. The number of hydrogen-bond donors (Lipinski definition) is 2. The number of aliphatic hydroxyl groups excluding tert-OH is 1. The van der Waals surface area contributed by atoms with Crippen molar-refractivity contribution in [3.63, 3.8) is 0 Å². The largest absolute Gasteiger partial charge is 0.396 e. The zero-order chi connectivity index (χ0) is 10.7. The van der Waals surface area contributed by atoms with Gasteiger partial charge in [-0.1, -0.05) is 0 Å². The highest BCUT2D eigenvalue weighted by Crippen LogP contribution is 2.60. The van der Waals surface area contributed by atoms with Crippen molar-refractivity contribution in [2.24, 2.45) is 11.3 Å². The topological polar surface area (TPSA) is 49.3 Å². The Bertz CT molecular complexity index is 232. The first-order chi connectivity index (χ1) is 7.27. The van der Waals surface area contributed by atoms with Crippen LogP contribution in [0.2, 0.25) is 0 Å². The summed E-state index contributed by atoms with van der Waals surface area (Å²) < 4.78 is 0. The first-order valence-electron chi connectivity index (χ1n) is 6.14. The van der Waals surface area contributed by atoms with Gasteiger partial charge in [0.15, 0.2) is 0 Å². The Morgan fingerprint density at radius 1 is 1.33 bits per heavy atom. The quantitative estimate of drug-likeness (QED) is 0.626. The normalized spacial score (nSPS) is 22.5. The molecule has 0 atom stereocenters. The van der Waals surface area contributed by atoms with Crippen molar-refractivity contribution in [2.45, 2.75) is 44.9 Å². The van der Waals surface area contributed by atoms with Crippen LogP contribution in [-0.2, 0) is 4.79 Å². The highest BCUT2D eigenvalue weighted by atomic mass is 16.2.